The second kappa shape index (κ2) is 10.4. The predicted octanol–water partition coefficient (Wildman–Crippen LogP) is 2.42. The van der Waals surface area contributed by atoms with Crippen molar-refractivity contribution in [2.75, 3.05) is 19.4 Å². The lowest BCUT2D eigenvalue weighted by Gasteiger charge is -2.13. The van der Waals surface area contributed by atoms with Gasteiger partial charge in [0.2, 0.25) is 15.9 Å². The van der Waals surface area contributed by atoms with Gasteiger partial charge in [0, 0.05) is 25.2 Å². The Labute approximate surface area is 159 Å². The van der Waals surface area contributed by atoms with Crippen molar-refractivity contribution in [1.82, 2.24) is 15.0 Å². The first kappa shape index (κ1) is 22.3. The third-order valence-corrected chi connectivity index (χ3v) is 4.21. The molecule has 1 atom stereocenters. The van der Waals surface area contributed by atoms with E-state index in [0.29, 0.717) is 25.6 Å². The first-order valence-electron chi connectivity index (χ1n) is 7.85. The average Bonchev–Trinajstić information content (AvgIpc) is 2.55. The summed E-state index contributed by atoms with van der Waals surface area (Å²) in [5.41, 5.74) is 1.98. The number of sulfonamides is 1. The molecule has 0 saturated carbocycles. The molecule has 0 aliphatic rings. The van der Waals surface area contributed by atoms with Crippen molar-refractivity contribution >= 4 is 22.4 Å². The Hall–Kier alpha value is -1.74. The highest BCUT2D eigenvalue weighted by molar-refractivity contribution is 7.88. The highest BCUT2D eigenvalue weighted by Crippen LogP contribution is 2.14. The zero-order valence-electron chi connectivity index (χ0n) is 14.6. The van der Waals surface area contributed by atoms with E-state index in [1.807, 2.05) is 24.3 Å². The van der Waals surface area contributed by atoms with E-state index in [9.17, 15) is 12.8 Å². The lowest BCUT2D eigenvalue weighted by atomic mass is 10.1. The van der Waals surface area contributed by atoms with Crippen molar-refractivity contribution in [3.05, 3.63) is 59.5 Å². The number of halogens is 2. The largest absolute Gasteiger partial charge is 0.476 e. The molecule has 6 nitrogen and oxygen atoms in total. The molecule has 0 aliphatic heterocycles. The van der Waals surface area contributed by atoms with Crippen LogP contribution < -0.4 is 14.8 Å². The third-order valence-electron chi connectivity index (χ3n) is 3.43. The van der Waals surface area contributed by atoms with E-state index in [4.69, 9.17) is 4.74 Å². The predicted molar refractivity (Wildman–Crippen MR) is 101 cm³/mol. The number of aromatic nitrogens is 1. The highest BCUT2D eigenvalue weighted by Gasteiger charge is 2.10. The van der Waals surface area contributed by atoms with Gasteiger partial charge in [-0.25, -0.2) is 22.5 Å². The summed E-state index contributed by atoms with van der Waals surface area (Å²) in [7, 11) is -3.23. The van der Waals surface area contributed by atoms with Crippen molar-refractivity contribution in [1.29, 1.82) is 0 Å². The van der Waals surface area contributed by atoms with Crippen LogP contribution in [0.2, 0.25) is 0 Å². The molecule has 1 aromatic heterocycles. The minimum atomic E-state index is -3.23. The summed E-state index contributed by atoms with van der Waals surface area (Å²) >= 11 is 0. The van der Waals surface area contributed by atoms with E-state index in [-0.39, 0.29) is 18.4 Å². The molecule has 1 aromatic carbocycles. The summed E-state index contributed by atoms with van der Waals surface area (Å²) in [5.74, 6) is -0.00473. The molecule has 0 fully saturated rings. The van der Waals surface area contributed by atoms with Gasteiger partial charge in [0.1, 0.15) is 12.4 Å². The van der Waals surface area contributed by atoms with Crippen molar-refractivity contribution in [2.45, 2.75) is 19.5 Å². The SMILES string of the molecule is C[C@@H](NS(C)(=O)=O)c1ccc(CNCCOc2ccc(F)cn2)cc1.Cl. The van der Waals surface area contributed by atoms with E-state index in [2.05, 4.69) is 15.0 Å². The maximum atomic E-state index is 12.7. The second-order valence-electron chi connectivity index (χ2n) is 5.69. The first-order valence-corrected chi connectivity index (χ1v) is 9.74. The Morgan fingerprint density at radius 3 is 2.46 bits per heavy atom. The average molecular weight is 404 g/mol. The number of pyridine rings is 1. The molecule has 26 heavy (non-hydrogen) atoms. The summed E-state index contributed by atoms with van der Waals surface area (Å²) in [5, 5.41) is 3.23. The van der Waals surface area contributed by atoms with Gasteiger partial charge in [-0.05, 0) is 24.1 Å². The van der Waals surface area contributed by atoms with Crippen molar-refractivity contribution in [2.24, 2.45) is 0 Å². The molecule has 1 heterocycles. The van der Waals surface area contributed by atoms with Gasteiger partial charge < -0.3 is 10.1 Å². The number of ether oxygens (including phenoxy) is 1. The number of rotatable bonds is 9. The van der Waals surface area contributed by atoms with Crippen LogP contribution in [0.1, 0.15) is 24.1 Å². The first-order chi connectivity index (χ1) is 11.8. The normalized spacial score (nSPS) is 12.3. The number of benzene rings is 1. The van der Waals surface area contributed by atoms with Gasteiger partial charge in [0.05, 0.1) is 12.5 Å². The zero-order valence-corrected chi connectivity index (χ0v) is 16.2. The van der Waals surface area contributed by atoms with Crippen molar-refractivity contribution < 1.29 is 17.5 Å². The van der Waals surface area contributed by atoms with E-state index in [1.165, 1.54) is 12.1 Å². The summed E-state index contributed by atoms with van der Waals surface area (Å²) < 4.78 is 43.1. The van der Waals surface area contributed by atoms with Crippen LogP contribution in [0.4, 0.5) is 4.39 Å². The van der Waals surface area contributed by atoms with Crippen LogP contribution in [0.3, 0.4) is 0 Å². The van der Waals surface area contributed by atoms with Crippen LogP contribution in [-0.2, 0) is 16.6 Å². The van der Waals surface area contributed by atoms with Crippen LogP contribution in [0, 0.1) is 5.82 Å². The van der Waals surface area contributed by atoms with Crippen LogP contribution in [0.5, 0.6) is 5.88 Å². The molecular weight excluding hydrogens is 381 g/mol. The molecule has 9 heteroatoms. The molecule has 0 spiro atoms. The Bertz CT molecular complexity index is 771. The van der Waals surface area contributed by atoms with Gasteiger partial charge in [-0.1, -0.05) is 24.3 Å². The van der Waals surface area contributed by atoms with Gasteiger partial charge in [0.15, 0.2) is 0 Å². The van der Waals surface area contributed by atoms with E-state index in [1.54, 1.807) is 6.92 Å². The van der Waals surface area contributed by atoms with Gasteiger partial charge in [0.25, 0.3) is 0 Å². The Morgan fingerprint density at radius 2 is 1.88 bits per heavy atom. The monoisotopic (exact) mass is 403 g/mol. The van der Waals surface area contributed by atoms with E-state index >= 15 is 0 Å². The second-order valence-corrected chi connectivity index (χ2v) is 7.47. The molecular formula is C17H23ClFN3O3S. The molecule has 0 saturated heterocycles. The van der Waals surface area contributed by atoms with Gasteiger partial charge in [-0.3, -0.25) is 0 Å². The van der Waals surface area contributed by atoms with Crippen molar-refractivity contribution in [3.63, 3.8) is 0 Å². The molecule has 0 bridgehead atoms. The van der Waals surface area contributed by atoms with E-state index in [0.717, 1.165) is 23.6 Å². The summed E-state index contributed by atoms with van der Waals surface area (Å²) in [6.07, 6.45) is 2.26. The summed E-state index contributed by atoms with van der Waals surface area (Å²) in [4.78, 5) is 3.81. The lowest BCUT2D eigenvalue weighted by Crippen LogP contribution is -2.25. The minimum Gasteiger partial charge on any atom is -0.476 e. The van der Waals surface area contributed by atoms with E-state index < -0.39 is 15.8 Å². The molecule has 2 N–H and O–H groups in total. The fraction of sp³-hybridized carbons (Fsp3) is 0.353. The van der Waals surface area contributed by atoms with Crippen LogP contribution in [0.25, 0.3) is 0 Å². The van der Waals surface area contributed by atoms with Crippen LogP contribution in [-0.4, -0.2) is 32.8 Å². The number of hydrogen-bond acceptors (Lipinski definition) is 5. The standard InChI is InChI=1S/C17H22FN3O3S.ClH/c1-13(21-25(2,22)23)15-5-3-14(4-6-15)11-19-9-10-24-17-8-7-16(18)12-20-17;/h3-8,12-13,19,21H,9-11H2,1-2H3;1H/t13-;/m1./s1. The summed E-state index contributed by atoms with van der Waals surface area (Å²) in [6, 6.07) is 10.2. The molecule has 0 aliphatic carbocycles. The van der Waals surface area contributed by atoms with Crippen molar-refractivity contribution in [3.8, 4) is 5.88 Å². The molecule has 0 unspecified atom stereocenters. The molecule has 2 rings (SSSR count). The topological polar surface area (TPSA) is 80.3 Å². The number of hydrogen-bond donors (Lipinski definition) is 2. The van der Waals surface area contributed by atoms with Crippen LogP contribution >= 0.6 is 12.4 Å². The Balaban J connectivity index is 0.00000338. The lowest BCUT2D eigenvalue weighted by molar-refractivity contribution is 0.301. The smallest absolute Gasteiger partial charge is 0.213 e. The summed E-state index contributed by atoms with van der Waals surface area (Å²) in [6.45, 7) is 3.50. The Kier molecular flexibility index (Phi) is 8.94. The molecule has 0 radical (unpaired) electrons. The highest BCUT2D eigenvalue weighted by atomic mass is 35.5. The minimum absolute atomic E-state index is 0. The fourth-order valence-corrected chi connectivity index (χ4v) is 3.00. The number of nitrogens with one attached hydrogen (secondary N) is 2. The molecule has 144 valence electrons. The maximum Gasteiger partial charge on any atom is 0.213 e. The number of nitrogens with zero attached hydrogens (tertiary/aromatic N) is 1. The fourth-order valence-electron chi connectivity index (χ4n) is 2.22. The van der Waals surface area contributed by atoms with Crippen LogP contribution in [0.15, 0.2) is 42.6 Å². The quantitative estimate of drug-likeness (QED) is 0.628. The molecule has 2 aromatic rings. The Morgan fingerprint density at radius 1 is 1.19 bits per heavy atom. The zero-order chi connectivity index (χ0) is 18.3. The van der Waals surface area contributed by atoms with Gasteiger partial charge in [-0.2, -0.15) is 0 Å². The third kappa shape index (κ3) is 8.09. The van der Waals surface area contributed by atoms with Gasteiger partial charge in [-0.15, -0.1) is 12.4 Å². The van der Waals surface area contributed by atoms with Gasteiger partial charge >= 0.3 is 0 Å². The molecule has 0 amide bonds. The maximum absolute atomic E-state index is 12.7.